The van der Waals surface area contributed by atoms with Crippen LogP contribution >= 0.6 is 0 Å². The van der Waals surface area contributed by atoms with Crippen LogP contribution in [0.15, 0.2) is 53.4 Å². The molecule has 0 fully saturated rings. The summed E-state index contributed by atoms with van der Waals surface area (Å²) in [7, 11) is -4.06. The van der Waals surface area contributed by atoms with Gasteiger partial charge in [-0.05, 0) is 29.8 Å². The van der Waals surface area contributed by atoms with Crippen LogP contribution < -0.4 is 14.8 Å². The highest BCUT2D eigenvalue weighted by atomic mass is 32.2. The van der Waals surface area contributed by atoms with Gasteiger partial charge >= 0.3 is 10.1 Å². The standard InChI is InChI=1S/C17H18N2O5S/c1-12(20)18-11-14-7-9-15(10-8-14)25(22,23)24-17-6-4-3-5-16(17)19-13(2)21/h3-10H,11H2,1-2H3,(H,18,20)(H,19,21). The quantitative estimate of drug-likeness (QED) is 0.766. The second kappa shape index (κ2) is 7.80. The highest BCUT2D eigenvalue weighted by Gasteiger charge is 2.18. The number of anilines is 1. The number of rotatable bonds is 6. The lowest BCUT2D eigenvalue weighted by Crippen LogP contribution is -2.19. The third-order valence-electron chi connectivity index (χ3n) is 3.15. The van der Waals surface area contributed by atoms with Crippen molar-refractivity contribution in [3.8, 4) is 5.75 Å². The SMILES string of the molecule is CC(=O)NCc1ccc(S(=O)(=O)Oc2ccccc2NC(C)=O)cc1. The molecule has 0 saturated heterocycles. The first kappa shape index (κ1) is 18.5. The summed E-state index contributed by atoms with van der Waals surface area (Å²) in [5.74, 6) is -0.481. The van der Waals surface area contributed by atoms with E-state index in [4.69, 9.17) is 4.18 Å². The number of nitrogens with one attached hydrogen (secondary N) is 2. The monoisotopic (exact) mass is 362 g/mol. The normalized spacial score (nSPS) is 10.8. The third-order valence-corrected chi connectivity index (χ3v) is 4.40. The van der Waals surface area contributed by atoms with Crippen molar-refractivity contribution in [3.63, 3.8) is 0 Å². The summed E-state index contributed by atoms with van der Waals surface area (Å²) in [4.78, 5) is 22.1. The number of hydrogen-bond acceptors (Lipinski definition) is 5. The van der Waals surface area contributed by atoms with E-state index in [9.17, 15) is 18.0 Å². The molecular formula is C17H18N2O5S. The van der Waals surface area contributed by atoms with Crippen molar-refractivity contribution in [1.82, 2.24) is 5.32 Å². The second-order valence-corrected chi connectivity index (χ2v) is 6.81. The lowest BCUT2D eigenvalue weighted by atomic mass is 10.2. The van der Waals surface area contributed by atoms with Crippen molar-refractivity contribution < 1.29 is 22.2 Å². The Morgan fingerprint density at radius 2 is 1.60 bits per heavy atom. The van der Waals surface area contributed by atoms with Crippen molar-refractivity contribution in [2.75, 3.05) is 5.32 Å². The third kappa shape index (κ3) is 5.32. The van der Waals surface area contributed by atoms with Gasteiger partial charge in [0.25, 0.3) is 0 Å². The molecule has 2 amide bonds. The van der Waals surface area contributed by atoms with E-state index in [1.165, 1.54) is 32.0 Å². The Bertz CT molecular complexity index is 876. The highest BCUT2D eigenvalue weighted by molar-refractivity contribution is 7.87. The average Bonchev–Trinajstić information content (AvgIpc) is 2.54. The van der Waals surface area contributed by atoms with E-state index in [0.29, 0.717) is 6.54 Å². The molecule has 0 aromatic heterocycles. The van der Waals surface area contributed by atoms with Crippen LogP contribution in [0.2, 0.25) is 0 Å². The summed E-state index contributed by atoms with van der Waals surface area (Å²) in [6.07, 6.45) is 0. The fourth-order valence-electron chi connectivity index (χ4n) is 2.00. The van der Waals surface area contributed by atoms with Gasteiger partial charge in [-0.25, -0.2) is 0 Å². The van der Waals surface area contributed by atoms with Gasteiger partial charge in [0.15, 0.2) is 5.75 Å². The number of benzene rings is 2. The molecule has 8 heteroatoms. The molecule has 2 aromatic rings. The summed E-state index contributed by atoms with van der Waals surface area (Å²) in [5.41, 5.74) is 1.02. The van der Waals surface area contributed by atoms with Gasteiger partial charge in [0.05, 0.1) is 5.69 Å². The van der Waals surface area contributed by atoms with Crippen LogP contribution in [0.3, 0.4) is 0 Å². The van der Waals surface area contributed by atoms with Gasteiger partial charge in [-0.2, -0.15) is 8.42 Å². The van der Waals surface area contributed by atoms with Crippen molar-refractivity contribution >= 4 is 27.6 Å². The Hall–Kier alpha value is -2.87. The molecule has 0 radical (unpaired) electrons. The molecule has 2 rings (SSSR count). The predicted molar refractivity (Wildman–Crippen MR) is 92.5 cm³/mol. The van der Waals surface area contributed by atoms with Crippen molar-refractivity contribution in [3.05, 3.63) is 54.1 Å². The first-order valence-electron chi connectivity index (χ1n) is 7.42. The van der Waals surface area contributed by atoms with Crippen molar-refractivity contribution in [2.45, 2.75) is 25.3 Å². The van der Waals surface area contributed by atoms with Crippen LogP contribution in [0, 0.1) is 0 Å². The number of hydrogen-bond donors (Lipinski definition) is 2. The van der Waals surface area contributed by atoms with Crippen molar-refractivity contribution in [1.29, 1.82) is 0 Å². The first-order valence-corrected chi connectivity index (χ1v) is 8.83. The fraction of sp³-hybridized carbons (Fsp3) is 0.176. The van der Waals surface area contributed by atoms with E-state index in [2.05, 4.69) is 10.6 Å². The largest absolute Gasteiger partial charge is 0.377 e. The maximum atomic E-state index is 12.4. The number of para-hydroxylation sites is 2. The molecule has 0 aliphatic carbocycles. The lowest BCUT2D eigenvalue weighted by molar-refractivity contribution is -0.119. The molecule has 2 N–H and O–H groups in total. The molecular weight excluding hydrogens is 344 g/mol. The van der Waals surface area contributed by atoms with E-state index in [1.807, 2.05) is 0 Å². The minimum atomic E-state index is -4.06. The highest BCUT2D eigenvalue weighted by Crippen LogP contribution is 2.27. The van der Waals surface area contributed by atoms with Crippen LogP contribution in [0.5, 0.6) is 5.75 Å². The Labute approximate surface area is 146 Å². The van der Waals surface area contributed by atoms with E-state index >= 15 is 0 Å². The summed E-state index contributed by atoms with van der Waals surface area (Å²) in [6.45, 7) is 3.03. The zero-order chi connectivity index (χ0) is 18.4. The summed E-state index contributed by atoms with van der Waals surface area (Å²) < 4.78 is 30.0. The van der Waals surface area contributed by atoms with Gasteiger partial charge in [-0.3, -0.25) is 9.59 Å². The zero-order valence-electron chi connectivity index (χ0n) is 13.8. The molecule has 0 aliphatic heterocycles. The zero-order valence-corrected chi connectivity index (χ0v) is 14.6. The van der Waals surface area contributed by atoms with Crippen LogP contribution in [0.25, 0.3) is 0 Å². The molecule has 132 valence electrons. The molecule has 0 spiro atoms. The molecule has 2 aromatic carbocycles. The average molecular weight is 362 g/mol. The Morgan fingerprint density at radius 1 is 0.960 bits per heavy atom. The molecule has 0 saturated carbocycles. The van der Waals surface area contributed by atoms with Crippen LogP contribution in [0.1, 0.15) is 19.4 Å². The molecule has 0 aliphatic rings. The van der Waals surface area contributed by atoms with E-state index in [1.54, 1.807) is 30.3 Å². The lowest BCUT2D eigenvalue weighted by Gasteiger charge is -2.12. The van der Waals surface area contributed by atoms with Gasteiger partial charge in [-0.15, -0.1) is 0 Å². The molecule has 0 atom stereocenters. The molecule has 0 unspecified atom stereocenters. The maximum absolute atomic E-state index is 12.4. The molecule has 0 bridgehead atoms. The Kier molecular flexibility index (Phi) is 5.76. The summed E-state index contributed by atoms with van der Waals surface area (Å²) >= 11 is 0. The Morgan fingerprint density at radius 3 is 2.20 bits per heavy atom. The Balaban J connectivity index is 2.19. The topological polar surface area (TPSA) is 102 Å². The smallest absolute Gasteiger partial charge is 0.339 e. The number of carbonyl (C=O) groups is 2. The van der Waals surface area contributed by atoms with E-state index in [0.717, 1.165) is 5.56 Å². The molecule has 7 nitrogen and oxygen atoms in total. The first-order chi connectivity index (χ1) is 11.8. The summed E-state index contributed by atoms with van der Waals surface area (Å²) in [5, 5.41) is 5.14. The van der Waals surface area contributed by atoms with Crippen LogP contribution in [-0.2, 0) is 26.3 Å². The van der Waals surface area contributed by atoms with Gasteiger partial charge < -0.3 is 14.8 Å². The minimum absolute atomic E-state index is 0.0278. The van der Waals surface area contributed by atoms with Gasteiger partial charge in [0.1, 0.15) is 4.90 Å². The number of amides is 2. The summed E-state index contributed by atoms with van der Waals surface area (Å²) in [6, 6.07) is 12.2. The van der Waals surface area contributed by atoms with Gasteiger partial charge in [0, 0.05) is 20.4 Å². The minimum Gasteiger partial charge on any atom is -0.377 e. The molecule has 25 heavy (non-hydrogen) atoms. The second-order valence-electron chi connectivity index (χ2n) is 5.27. The van der Waals surface area contributed by atoms with Crippen molar-refractivity contribution in [2.24, 2.45) is 0 Å². The number of carbonyl (C=O) groups excluding carboxylic acids is 2. The molecule has 0 heterocycles. The maximum Gasteiger partial charge on any atom is 0.339 e. The van der Waals surface area contributed by atoms with Crippen LogP contribution in [-0.4, -0.2) is 20.2 Å². The van der Waals surface area contributed by atoms with Gasteiger partial charge in [0.2, 0.25) is 11.8 Å². The van der Waals surface area contributed by atoms with Gasteiger partial charge in [-0.1, -0.05) is 24.3 Å². The van der Waals surface area contributed by atoms with E-state index in [-0.39, 0.29) is 28.1 Å². The predicted octanol–water partition coefficient (Wildman–Crippen LogP) is 2.05. The fourth-order valence-corrected chi connectivity index (χ4v) is 2.95. The van der Waals surface area contributed by atoms with Crippen LogP contribution in [0.4, 0.5) is 5.69 Å². The van der Waals surface area contributed by atoms with E-state index < -0.39 is 10.1 Å².